The lowest BCUT2D eigenvalue weighted by atomic mass is 10.3. The fraction of sp³-hybridized carbons (Fsp3) is 0.250. The number of hydrogen-bond donors (Lipinski definition) is 1. The lowest BCUT2D eigenvalue weighted by molar-refractivity contribution is -0.138. The highest BCUT2D eigenvalue weighted by atomic mass is 16.6. The van der Waals surface area contributed by atoms with Crippen molar-refractivity contribution in [3.63, 3.8) is 0 Å². The SMILES string of the molecule is CC(N)=CC(=O)OCCOc1ccccc1. The van der Waals surface area contributed by atoms with Gasteiger partial charge in [-0.3, -0.25) is 0 Å². The van der Waals surface area contributed by atoms with E-state index in [1.165, 1.54) is 6.08 Å². The van der Waals surface area contributed by atoms with Crippen LogP contribution >= 0.6 is 0 Å². The molecule has 0 atom stereocenters. The molecule has 0 heterocycles. The molecule has 0 saturated carbocycles. The van der Waals surface area contributed by atoms with Crippen molar-refractivity contribution in [3.05, 3.63) is 42.1 Å². The summed E-state index contributed by atoms with van der Waals surface area (Å²) in [6, 6.07) is 9.34. The molecule has 0 unspecified atom stereocenters. The van der Waals surface area contributed by atoms with E-state index in [0.717, 1.165) is 5.75 Å². The van der Waals surface area contributed by atoms with Crippen LogP contribution in [0.15, 0.2) is 42.1 Å². The fourth-order valence-electron chi connectivity index (χ4n) is 1.05. The van der Waals surface area contributed by atoms with Gasteiger partial charge in [0.15, 0.2) is 0 Å². The summed E-state index contributed by atoms with van der Waals surface area (Å²) >= 11 is 0. The predicted molar refractivity (Wildman–Crippen MR) is 60.8 cm³/mol. The van der Waals surface area contributed by atoms with Gasteiger partial charge in [0.05, 0.1) is 0 Å². The highest BCUT2D eigenvalue weighted by Crippen LogP contribution is 2.07. The van der Waals surface area contributed by atoms with Crippen molar-refractivity contribution < 1.29 is 14.3 Å². The maximum Gasteiger partial charge on any atom is 0.332 e. The highest BCUT2D eigenvalue weighted by Gasteiger charge is 1.98. The molecule has 0 spiro atoms. The summed E-state index contributed by atoms with van der Waals surface area (Å²) in [4.78, 5) is 11.0. The van der Waals surface area contributed by atoms with E-state index in [2.05, 4.69) is 0 Å². The lowest BCUT2D eigenvalue weighted by Crippen LogP contribution is -2.11. The van der Waals surface area contributed by atoms with E-state index in [9.17, 15) is 4.79 Å². The van der Waals surface area contributed by atoms with Crippen LogP contribution in [0.3, 0.4) is 0 Å². The minimum atomic E-state index is -0.448. The number of rotatable bonds is 5. The number of ether oxygens (including phenoxy) is 2. The molecule has 0 aliphatic rings. The van der Waals surface area contributed by atoms with E-state index in [1.54, 1.807) is 6.92 Å². The summed E-state index contributed by atoms with van der Waals surface area (Å²) in [5, 5.41) is 0. The molecule has 1 aromatic rings. The molecule has 4 nitrogen and oxygen atoms in total. The second kappa shape index (κ2) is 6.50. The molecule has 1 aromatic carbocycles. The summed E-state index contributed by atoms with van der Waals surface area (Å²) in [5.74, 6) is 0.306. The molecule has 0 bridgehead atoms. The van der Waals surface area contributed by atoms with Crippen molar-refractivity contribution >= 4 is 5.97 Å². The third kappa shape index (κ3) is 5.05. The maximum absolute atomic E-state index is 11.0. The molecule has 0 fully saturated rings. The Morgan fingerprint density at radius 1 is 1.31 bits per heavy atom. The summed E-state index contributed by atoms with van der Waals surface area (Å²) in [7, 11) is 0. The molecule has 0 radical (unpaired) electrons. The fourth-order valence-corrected chi connectivity index (χ4v) is 1.05. The molecular formula is C12H15NO3. The standard InChI is InChI=1S/C12H15NO3/c1-10(13)9-12(14)16-8-7-15-11-5-3-2-4-6-11/h2-6,9H,7-8,13H2,1H3. The van der Waals surface area contributed by atoms with Crippen molar-refractivity contribution in [2.45, 2.75) is 6.92 Å². The van der Waals surface area contributed by atoms with E-state index >= 15 is 0 Å². The van der Waals surface area contributed by atoms with Gasteiger partial charge in [-0.2, -0.15) is 0 Å². The molecule has 4 heteroatoms. The first kappa shape index (κ1) is 12.1. The third-order valence-electron chi connectivity index (χ3n) is 1.69. The number of hydrogen-bond acceptors (Lipinski definition) is 4. The van der Waals surface area contributed by atoms with E-state index in [1.807, 2.05) is 30.3 Å². The first-order valence-electron chi connectivity index (χ1n) is 4.97. The van der Waals surface area contributed by atoms with Gasteiger partial charge in [0, 0.05) is 11.8 Å². The zero-order valence-corrected chi connectivity index (χ0v) is 9.18. The van der Waals surface area contributed by atoms with Crippen LogP contribution in [0.25, 0.3) is 0 Å². The van der Waals surface area contributed by atoms with Gasteiger partial charge in [0.25, 0.3) is 0 Å². The minimum absolute atomic E-state index is 0.206. The summed E-state index contributed by atoms with van der Waals surface area (Å²) in [6.45, 7) is 2.16. The molecule has 0 saturated heterocycles. The number of carbonyl (C=O) groups excluding carboxylic acids is 1. The quantitative estimate of drug-likeness (QED) is 0.464. The molecule has 0 aliphatic carbocycles. The smallest absolute Gasteiger partial charge is 0.332 e. The van der Waals surface area contributed by atoms with Crippen LogP contribution in [0.1, 0.15) is 6.92 Å². The average molecular weight is 221 g/mol. The number of carbonyl (C=O) groups is 1. The largest absolute Gasteiger partial charge is 0.490 e. The average Bonchev–Trinajstić information content (AvgIpc) is 2.25. The zero-order chi connectivity index (χ0) is 11.8. The topological polar surface area (TPSA) is 61.6 Å². The molecule has 1 rings (SSSR count). The Bertz CT molecular complexity index is 356. The van der Waals surface area contributed by atoms with Crippen LogP contribution in [0.5, 0.6) is 5.75 Å². The first-order chi connectivity index (χ1) is 7.68. The van der Waals surface area contributed by atoms with Crippen LogP contribution in [0.2, 0.25) is 0 Å². The zero-order valence-electron chi connectivity index (χ0n) is 9.18. The van der Waals surface area contributed by atoms with Crippen molar-refractivity contribution in [3.8, 4) is 5.75 Å². The van der Waals surface area contributed by atoms with Crippen molar-refractivity contribution in [2.24, 2.45) is 5.73 Å². The van der Waals surface area contributed by atoms with Gasteiger partial charge < -0.3 is 15.2 Å². The molecule has 2 N–H and O–H groups in total. The summed E-state index contributed by atoms with van der Waals surface area (Å²) < 4.78 is 10.2. The Labute approximate surface area is 94.7 Å². The molecular weight excluding hydrogens is 206 g/mol. The Kier molecular flexibility index (Phi) is 4.92. The third-order valence-corrected chi connectivity index (χ3v) is 1.69. The van der Waals surface area contributed by atoms with Gasteiger partial charge in [0.1, 0.15) is 19.0 Å². The Morgan fingerprint density at radius 2 is 2.00 bits per heavy atom. The molecule has 0 aromatic heterocycles. The monoisotopic (exact) mass is 221 g/mol. The van der Waals surface area contributed by atoms with E-state index in [-0.39, 0.29) is 6.61 Å². The van der Waals surface area contributed by atoms with Crippen LogP contribution in [0.4, 0.5) is 0 Å². The van der Waals surface area contributed by atoms with Gasteiger partial charge in [-0.1, -0.05) is 18.2 Å². The number of benzene rings is 1. The number of esters is 1. The second-order valence-corrected chi connectivity index (χ2v) is 3.22. The molecule has 86 valence electrons. The van der Waals surface area contributed by atoms with E-state index in [0.29, 0.717) is 12.3 Å². The molecule has 0 amide bonds. The number of para-hydroxylation sites is 1. The lowest BCUT2D eigenvalue weighted by Gasteiger charge is -2.05. The van der Waals surface area contributed by atoms with E-state index in [4.69, 9.17) is 15.2 Å². The van der Waals surface area contributed by atoms with Gasteiger partial charge >= 0.3 is 5.97 Å². The van der Waals surface area contributed by atoms with Crippen LogP contribution < -0.4 is 10.5 Å². The number of nitrogens with two attached hydrogens (primary N) is 1. The predicted octanol–water partition coefficient (Wildman–Crippen LogP) is 1.47. The minimum Gasteiger partial charge on any atom is -0.490 e. The van der Waals surface area contributed by atoms with Crippen molar-refractivity contribution in [1.29, 1.82) is 0 Å². The normalized spacial score (nSPS) is 10.9. The first-order valence-corrected chi connectivity index (χ1v) is 4.97. The van der Waals surface area contributed by atoms with Gasteiger partial charge in [0.2, 0.25) is 0 Å². The summed E-state index contributed by atoms with van der Waals surface area (Å²) in [5.41, 5.74) is 5.74. The molecule has 0 aliphatic heterocycles. The van der Waals surface area contributed by atoms with Gasteiger partial charge in [-0.05, 0) is 19.1 Å². The van der Waals surface area contributed by atoms with E-state index < -0.39 is 5.97 Å². The summed E-state index contributed by atoms with van der Waals surface area (Å²) in [6.07, 6.45) is 1.24. The maximum atomic E-state index is 11.0. The van der Waals surface area contributed by atoms with Gasteiger partial charge in [-0.25, -0.2) is 4.79 Å². The van der Waals surface area contributed by atoms with Crippen LogP contribution in [0, 0.1) is 0 Å². The Hall–Kier alpha value is -1.97. The highest BCUT2D eigenvalue weighted by molar-refractivity contribution is 5.82. The second-order valence-electron chi connectivity index (χ2n) is 3.22. The Balaban J connectivity index is 2.18. The number of allylic oxidation sites excluding steroid dienone is 1. The molecule has 16 heavy (non-hydrogen) atoms. The van der Waals surface area contributed by atoms with Crippen LogP contribution in [-0.2, 0) is 9.53 Å². The van der Waals surface area contributed by atoms with Gasteiger partial charge in [-0.15, -0.1) is 0 Å². The Morgan fingerprint density at radius 3 is 2.62 bits per heavy atom. The van der Waals surface area contributed by atoms with Crippen molar-refractivity contribution in [1.82, 2.24) is 0 Å². The van der Waals surface area contributed by atoms with Crippen molar-refractivity contribution in [2.75, 3.05) is 13.2 Å². The van der Waals surface area contributed by atoms with Crippen LogP contribution in [-0.4, -0.2) is 19.2 Å².